The molecule has 0 aliphatic carbocycles. The number of aryl methyl sites for hydroxylation is 2. The van der Waals surface area contributed by atoms with E-state index >= 15 is 0 Å². The third kappa shape index (κ3) is 2.24. The summed E-state index contributed by atoms with van der Waals surface area (Å²) in [7, 11) is 0. The lowest BCUT2D eigenvalue weighted by atomic mass is 10.4. The van der Waals surface area contributed by atoms with Gasteiger partial charge in [0.05, 0.1) is 6.04 Å². The van der Waals surface area contributed by atoms with Crippen LogP contribution in [-0.4, -0.2) is 14.5 Å². The Kier molecular flexibility index (Phi) is 3.24. The SMILES string of the molecule is CCn1ccnc1NC(C)c1ncc(C)s1. The normalized spacial score (nSPS) is 12.7. The number of nitrogens with zero attached hydrogens (tertiary/aromatic N) is 3. The quantitative estimate of drug-likeness (QED) is 0.887. The lowest BCUT2D eigenvalue weighted by molar-refractivity contribution is 0.742. The third-order valence-corrected chi connectivity index (χ3v) is 3.51. The van der Waals surface area contributed by atoms with Crippen LogP contribution in [0.15, 0.2) is 18.6 Å². The van der Waals surface area contributed by atoms with Crippen LogP contribution in [0.4, 0.5) is 5.95 Å². The van der Waals surface area contributed by atoms with Gasteiger partial charge in [-0.25, -0.2) is 9.97 Å². The number of imidazole rings is 1. The van der Waals surface area contributed by atoms with Gasteiger partial charge in [-0.1, -0.05) is 0 Å². The highest BCUT2D eigenvalue weighted by molar-refractivity contribution is 7.11. The van der Waals surface area contributed by atoms with Gasteiger partial charge >= 0.3 is 0 Å². The van der Waals surface area contributed by atoms with E-state index in [0.717, 1.165) is 17.5 Å². The minimum Gasteiger partial charge on any atom is -0.347 e. The van der Waals surface area contributed by atoms with Crippen molar-refractivity contribution in [3.05, 3.63) is 28.5 Å². The topological polar surface area (TPSA) is 42.7 Å². The van der Waals surface area contributed by atoms with Gasteiger partial charge in [0.15, 0.2) is 0 Å². The molecule has 0 spiro atoms. The Morgan fingerprint density at radius 1 is 1.50 bits per heavy atom. The first-order valence-corrected chi connectivity index (χ1v) is 6.22. The van der Waals surface area contributed by atoms with Gasteiger partial charge in [0.25, 0.3) is 0 Å². The number of hydrogen-bond acceptors (Lipinski definition) is 4. The number of rotatable bonds is 4. The van der Waals surface area contributed by atoms with Crippen molar-refractivity contribution in [3.63, 3.8) is 0 Å². The lowest BCUT2D eigenvalue weighted by Gasteiger charge is -2.12. The van der Waals surface area contributed by atoms with Crippen LogP contribution in [0.2, 0.25) is 0 Å². The van der Waals surface area contributed by atoms with Gasteiger partial charge in [-0.2, -0.15) is 0 Å². The molecule has 0 saturated carbocycles. The van der Waals surface area contributed by atoms with Crippen LogP contribution in [0.1, 0.15) is 29.8 Å². The monoisotopic (exact) mass is 236 g/mol. The zero-order chi connectivity index (χ0) is 11.5. The second kappa shape index (κ2) is 4.65. The molecule has 2 heterocycles. The Balaban J connectivity index is 2.10. The van der Waals surface area contributed by atoms with E-state index in [1.807, 2.05) is 18.6 Å². The number of anilines is 1. The van der Waals surface area contributed by atoms with Gasteiger partial charge in [-0.3, -0.25) is 0 Å². The van der Waals surface area contributed by atoms with Crippen LogP contribution in [0.3, 0.4) is 0 Å². The van der Waals surface area contributed by atoms with Gasteiger partial charge in [0.2, 0.25) is 5.95 Å². The van der Waals surface area contributed by atoms with Crippen molar-refractivity contribution in [1.29, 1.82) is 0 Å². The fourth-order valence-corrected chi connectivity index (χ4v) is 2.31. The van der Waals surface area contributed by atoms with E-state index in [1.165, 1.54) is 4.88 Å². The highest BCUT2D eigenvalue weighted by atomic mass is 32.1. The Labute approximate surface area is 99.4 Å². The molecular weight excluding hydrogens is 220 g/mol. The van der Waals surface area contributed by atoms with Crippen LogP contribution in [0.25, 0.3) is 0 Å². The molecule has 0 radical (unpaired) electrons. The van der Waals surface area contributed by atoms with Crippen LogP contribution in [-0.2, 0) is 6.54 Å². The molecule has 0 aliphatic heterocycles. The minimum atomic E-state index is 0.200. The fraction of sp³-hybridized carbons (Fsp3) is 0.455. The Morgan fingerprint density at radius 3 is 2.94 bits per heavy atom. The summed E-state index contributed by atoms with van der Waals surface area (Å²) in [4.78, 5) is 9.90. The molecular formula is C11H16N4S. The smallest absolute Gasteiger partial charge is 0.203 e. The Hall–Kier alpha value is -1.36. The summed E-state index contributed by atoms with van der Waals surface area (Å²) >= 11 is 1.72. The van der Waals surface area contributed by atoms with E-state index in [1.54, 1.807) is 11.3 Å². The minimum absolute atomic E-state index is 0.200. The lowest BCUT2D eigenvalue weighted by Crippen LogP contribution is -2.10. The highest BCUT2D eigenvalue weighted by Gasteiger charge is 2.11. The number of nitrogens with one attached hydrogen (secondary N) is 1. The zero-order valence-electron chi connectivity index (χ0n) is 9.77. The van der Waals surface area contributed by atoms with Crippen molar-refractivity contribution in [3.8, 4) is 0 Å². The summed E-state index contributed by atoms with van der Waals surface area (Å²) in [5.41, 5.74) is 0. The van der Waals surface area contributed by atoms with E-state index in [0.29, 0.717) is 0 Å². The summed E-state index contributed by atoms with van der Waals surface area (Å²) in [6.45, 7) is 7.20. The van der Waals surface area contributed by atoms with Gasteiger partial charge in [-0.15, -0.1) is 11.3 Å². The molecule has 0 amide bonds. The van der Waals surface area contributed by atoms with Gasteiger partial charge in [0, 0.05) is 30.0 Å². The van der Waals surface area contributed by atoms with Gasteiger partial charge < -0.3 is 9.88 Å². The number of hydrogen-bond donors (Lipinski definition) is 1. The van der Waals surface area contributed by atoms with E-state index in [-0.39, 0.29) is 6.04 Å². The summed E-state index contributed by atoms with van der Waals surface area (Å²) in [6, 6.07) is 0.200. The first-order valence-electron chi connectivity index (χ1n) is 5.40. The van der Waals surface area contributed by atoms with Crippen molar-refractivity contribution >= 4 is 17.3 Å². The molecule has 1 unspecified atom stereocenters. The molecule has 1 N–H and O–H groups in total. The molecule has 0 bridgehead atoms. The summed E-state index contributed by atoms with van der Waals surface area (Å²) in [6.07, 6.45) is 5.69. The van der Waals surface area contributed by atoms with Crippen LogP contribution in [0.5, 0.6) is 0 Å². The second-order valence-electron chi connectivity index (χ2n) is 3.71. The van der Waals surface area contributed by atoms with Crippen molar-refractivity contribution in [1.82, 2.24) is 14.5 Å². The first-order chi connectivity index (χ1) is 7.70. The molecule has 5 heteroatoms. The number of aromatic nitrogens is 3. The molecule has 2 aromatic heterocycles. The largest absolute Gasteiger partial charge is 0.347 e. The molecule has 86 valence electrons. The zero-order valence-corrected chi connectivity index (χ0v) is 10.6. The van der Waals surface area contributed by atoms with Crippen molar-refractivity contribution in [2.75, 3.05) is 5.32 Å². The molecule has 16 heavy (non-hydrogen) atoms. The van der Waals surface area contributed by atoms with Gasteiger partial charge in [0.1, 0.15) is 5.01 Å². The first kappa shape index (κ1) is 11.1. The molecule has 2 rings (SSSR count). The maximum absolute atomic E-state index is 4.37. The van der Waals surface area contributed by atoms with Crippen molar-refractivity contribution < 1.29 is 0 Å². The third-order valence-electron chi connectivity index (χ3n) is 2.41. The second-order valence-corrected chi connectivity index (χ2v) is 4.98. The van der Waals surface area contributed by atoms with Gasteiger partial charge in [-0.05, 0) is 20.8 Å². The molecule has 1 atom stereocenters. The van der Waals surface area contributed by atoms with Crippen LogP contribution >= 0.6 is 11.3 Å². The average molecular weight is 236 g/mol. The number of thiazole rings is 1. The predicted octanol–water partition coefficient (Wildman–Crippen LogP) is 2.84. The van der Waals surface area contributed by atoms with Crippen LogP contribution < -0.4 is 5.32 Å². The summed E-state index contributed by atoms with van der Waals surface area (Å²) in [5.74, 6) is 0.905. The fourth-order valence-electron chi connectivity index (χ4n) is 1.53. The van der Waals surface area contributed by atoms with Crippen molar-refractivity contribution in [2.45, 2.75) is 33.4 Å². The maximum Gasteiger partial charge on any atom is 0.203 e. The van der Waals surface area contributed by atoms with E-state index in [4.69, 9.17) is 0 Å². The molecule has 4 nitrogen and oxygen atoms in total. The average Bonchev–Trinajstić information content (AvgIpc) is 2.86. The Bertz CT molecular complexity index is 460. The van der Waals surface area contributed by atoms with E-state index in [2.05, 4.69) is 40.6 Å². The molecule has 0 fully saturated rings. The molecule has 2 aromatic rings. The summed E-state index contributed by atoms with van der Waals surface area (Å²) in [5, 5.41) is 4.47. The highest BCUT2D eigenvalue weighted by Crippen LogP contribution is 2.22. The van der Waals surface area contributed by atoms with E-state index in [9.17, 15) is 0 Å². The molecule has 0 aromatic carbocycles. The standard InChI is InChI=1S/C11H16N4S/c1-4-15-6-5-12-11(15)14-9(3)10-13-7-8(2)16-10/h5-7,9H,4H2,1-3H3,(H,12,14). The molecule has 0 aliphatic rings. The maximum atomic E-state index is 4.37. The Morgan fingerprint density at radius 2 is 2.31 bits per heavy atom. The van der Waals surface area contributed by atoms with E-state index < -0.39 is 0 Å². The van der Waals surface area contributed by atoms with Crippen molar-refractivity contribution in [2.24, 2.45) is 0 Å². The van der Waals surface area contributed by atoms with Crippen LogP contribution in [0, 0.1) is 6.92 Å². The molecule has 0 saturated heterocycles. The predicted molar refractivity (Wildman–Crippen MR) is 66.8 cm³/mol. The summed E-state index contributed by atoms with van der Waals surface area (Å²) < 4.78 is 2.08.